The molecule has 1 fully saturated rings. The Kier molecular flexibility index (Phi) is 7.92. The number of nitrogens with zero attached hydrogens (tertiary/aromatic N) is 2. The Labute approximate surface area is 163 Å². The number of hydrogen-bond acceptors (Lipinski definition) is 5. The number of carbonyl (C=O) groups excluding carboxylic acids is 1. The van der Waals surface area contributed by atoms with E-state index < -0.39 is 0 Å². The molecule has 1 aromatic carbocycles. The van der Waals surface area contributed by atoms with E-state index in [1.54, 1.807) is 14.2 Å². The number of hydrogen-bond donors (Lipinski definition) is 1. The molecule has 6 heteroatoms. The van der Waals surface area contributed by atoms with Crippen LogP contribution in [0.25, 0.3) is 0 Å². The molecule has 152 valence electrons. The molecule has 1 aliphatic rings. The Morgan fingerprint density at radius 3 is 2.15 bits per heavy atom. The van der Waals surface area contributed by atoms with Gasteiger partial charge < -0.3 is 14.8 Å². The summed E-state index contributed by atoms with van der Waals surface area (Å²) in [7, 11) is 3.33. The van der Waals surface area contributed by atoms with E-state index in [1.807, 2.05) is 6.07 Å². The monoisotopic (exact) mass is 377 g/mol. The summed E-state index contributed by atoms with van der Waals surface area (Å²) in [5, 5.41) is 3.09. The summed E-state index contributed by atoms with van der Waals surface area (Å²) in [6.45, 7) is 13.5. The number of amides is 1. The maximum absolute atomic E-state index is 12.2. The average Bonchev–Trinajstić information content (AvgIpc) is 2.64. The predicted molar refractivity (Wildman–Crippen MR) is 108 cm³/mol. The van der Waals surface area contributed by atoms with Crippen LogP contribution in [0.15, 0.2) is 12.1 Å². The normalized spacial score (nSPS) is 17.0. The lowest BCUT2D eigenvalue weighted by Gasteiger charge is -2.35. The fraction of sp³-hybridized carbons (Fsp3) is 0.667. The second kappa shape index (κ2) is 9.95. The Bertz CT molecular complexity index is 625. The van der Waals surface area contributed by atoms with Gasteiger partial charge >= 0.3 is 0 Å². The quantitative estimate of drug-likeness (QED) is 0.753. The molecule has 0 saturated carbocycles. The highest BCUT2D eigenvalue weighted by molar-refractivity contribution is 5.78. The van der Waals surface area contributed by atoms with E-state index in [1.165, 1.54) is 11.1 Å². The molecule has 1 N–H and O–H groups in total. The minimum absolute atomic E-state index is 0.125. The van der Waals surface area contributed by atoms with Crippen molar-refractivity contribution in [2.45, 2.75) is 40.3 Å². The lowest BCUT2D eigenvalue weighted by atomic mass is 10.1. The summed E-state index contributed by atoms with van der Waals surface area (Å²) in [6.07, 6.45) is 0. The van der Waals surface area contributed by atoms with Gasteiger partial charge in [-0.3, -0.25) is 14.6 Å². The number of ether oxygens (including phenoxy) is 2. The lowest BCUT2D eigenvalue weighted by Crippen LogP contribution is -2.50. The molecule has 0 spiro atoms. The number of carbonyl (C=O) groups is 1. The topological polar surface area (TPSA) is 54.0 Å². The van der Waals surface area contributed by atoms with Crippen molar-refractivity contribution >= 4 is 5.91 Å². The number of nitrogens with one attached hydrogen (secondary N) is 1. The van der Waals surface area contributed by atoms with Crippen molar-refractivity contribution in [3.8, 4) is 11.5 Å². The standard InChI is InChI=1S/C21H35N3O3/c1-15(2)17(4)22-21(25)14-24-9-7-23(8-10-24)13-18-12-20(27-6)19(26-5)11-16(18)3/h11-12,15,17H,7-10,13-14H2,1-6H3,(H,22,25)/t17-/m0/s1. The Balaban J connectivity index is 1.85. The molecule has 1 atom stereocenters. The van der Waals surface area contributed by atoms with Crippen molar-refractivity contribution in [1.29, 1.82) is 0 Å². The van der Waals surface area contributed by atoms with Crippen molar-refractivity contribution in [3.05, 3.63) is 23.3 Å². The molecular weight excluding hydrogens is 342 g/mol. The maximum Gasteiger partial charge on any atom is 0.234 e. The Hall–Kier alpha value is -1.79. The lowest BCUT2D eigenvalue weighted by molar-refractivity contribution is -0.123. The van der Waals surface area contributed by atoms with Crippen LogP contribution < -0.4 is 14.8 Å². The van der Waals surface area contributed by atoms with Crippen molar-refractivity contribution in [2.24, 2.45) is 5.92 Å². The summed E-state index contributed by atoms with van der Waals surface area (Å²) >= 11 is 0. The number of piperazine rings is 1. The van der Waals surface area contributed by atoms with Crippen LogP contribution in [-0.2, 0) is 11.3 Å². The van der Waals surface area contributed by atoms with Gasteiger partial charge in [-0.25, -0.2) is 0 Å². The highest BCUT2D eigenvalue weighted by atomic mass is 16.5. The van der Waals surface area contributed by atoms with E-state index in [9.17, 15) is 4.79 Å². The molecule has 0 aliphatic carbocycles. The van der Waals surface area contributed by atoms with Crippen molar-refractivity contribution in [2.75, 3.05) is 46.9 Å². The number of aryl methyl sites for hydroxylation is 1. The minimum atomic E-state index is 0.125. The fourth-order valence-corrected chi connectivity index (χ4v) is 3.21. The van der Waals surface area contributed by atoms with E-state index in [2.05, 4.69) is 48.9 Å². The van der Waals surface area contributed by atoms with Gasteiger partial charge in [-0.05, 0) is 43.0 Å². The zero-order chi connectivity index (χ0) is 20.0. The van der Waals surface area contributed by atoms with Gasteiger partial charge in [0.25, 0.3) is 0 Å². The highest BCUT2D eigenvalue weighted by Gasteiger charge is 2.21. The first-order valence-electron chi connectivity index (χ1n) is 9.79. The fourth-order valence-electron chi connectivity index (χ4n) is 3.21. The summed E-state index contributed by atoms with van der Waals surface area (Å²) in [5.41, 5.74) is 2.46. The summed E-state index contributed by atoms with van der Waals surface area (Å²) in [6, 6.07) is 4.32. The first kappa shape index (κ1) is 21.5. The first-order valence-corrected chi connectivity index (χ1v) is 9.79. The third kappa shape index (κ3) is 6.11. The Morgan fingerprint density at radius 2 is 1.59 bits per heavy atom. The van der Waals surface area contributed by atoms with E-state index in [0.29, 0.717) is 12.5 Å². The van der Waals surface area contributed by atoms with E-state index in [-0.39, 0.29) is 11.9 Å². The van der Waals surface area contributed by atoms with Crippen molar-refractivity contribution in [1.82, 2.24) is 15.1 Å². The third-order valence-corrected chi connectivity index (χ3v) is 5.46. The van der Waals surface area contributed by atoms with Crippen LogP contribution in [0.3, 0.4) is 0 Å². The van der Waals surface area contributed by atoms with Crippen LogP contribution in [0, 0.1) is 12.8 Å². The van der Waals surface area contributed by atoms with Gasteiger partial charge in [-0.15, -0.1) is 0 Å². The summed E-state index contributed by atoms with van der Waals surface area (Å²) in [5.74, 6) is 2.12. The number of benzene rings is 1. The van der Waals surface area contributed by atoms with Crippen LogP contribution in [0.1, 0.15) is 31.9 Å². The predicted octanol–water partition coefficient (Wildman–Crippen LogP) is 2.29. The first-order chi connectivity index (χ1) is 12.8. The van der Waals surface area contributed by atoms with Crippen LogP contribution in [0.5, 0.6) is 11.5 Å². The molecule has 0 aromatic heterocycles. The number of rotatable bonds is 8. The second-order valence-corrected chi connectivity index (χ2v) is 7.79. The van der Waals surface area contributed by atoms with Gasteiger partial charge in [0.2, 0.25) is 5.91 Å². The third-order valence-electron chi connectivity index (χ3n) is 5.46. The van der Waals surface area contributed by atoms with E-state index in [0.717, 1.165) is 44.2 Å². The molecule has 2 rings (SSSR count). The maximum atomic E-state index is 12.2. The van der Waals surface area contributed by atoms with Gasteiger partial charge in [0, 0.05) is 38.8 Å². The zero-order valence-corrected chi connectivity index (χ0v) is 17.7. The molecule has 27 heavy (non-hydrogen) atoms. The molecule has 0 radical (unpaired) electrons. The van der Waals surface area contributed by atoms with E-state index in [4.69, 9.17) is 9.47 Å². The van der Waals surface area contributed by atoms with Gasteiger partial charge in [0.05, 0.1) is 20.8 Å². The van der Waals surface area contributed by atoms with Crippen molar-refractivity contribution in [3.63, 3.8) is 0 Å². The molecule has 1 heterocycles. The molecule has 0 unspecified atom stereocenters. The van der Waals surface area contributed by atoms with Gasteiger partial charge in [0.1, 0.15) is 0 Å². The minimum Gasteiger partial charge on any atom is -0.493 e. The largest absolute Gasteiger partial charge is 0.493 e. The SMILES string of the molecule is COc1cc(C)c(CN2CCN(CC(=O)N[C@@H](C)C(C)C)CC2)cc1OC. The molecule has 1 saturated heterocycles. The number of methoxy groups -OCH3 is 2. The Morgan fingerprint density at radius 1 is 1.04 bits per heavy atom. The van der Waals surface area contributed by atoms with Crippen LogP contribution in [0.2, 0.25) is 0 Å². The zero-order valence-electron chi connectivity index (χ0n) is 17.7. The molecule has 1 aromatic rings. The highest BCUT2D eigenvalue weighted by Crippen LogP contribution is 2.30. The molecular formula is C21H35N3O3. The molecule has 6 nitrogen and oxygen atoms in total. The summed E-state index contributed by atoms with van der Waals surface area (Å²) in [4.78, 5) is 16.8. The second-order valence-electron chi connectivity index (χ2n) is 7.79. The van der Waals surface area contributed by atoms with Gasteiger partial charge in [-0.1, -0.05) is 13.8 Å². The average molecular weight is 378 g/mol. The van der Waals surface area contributed by atoms with Crippen LogP contribution >= 0.6 is 0 Å². The van der Waals surface area contributed by atoms with E-state index >= 15 is 0 Å². The smallest absolute Gasteiger partial charge is 0.234 e. The molecule has 1 aliphatic heterocycles. The van der Waals surface area contributed by atoms with Crippen LogP contribution in [-0.4, -0.2) is 68.7 Å². The molecule has 0 bridgehead atoms. The molecule has 1 amide bonds. The van der Waals surface area contributed by atoms with Gasteiger partial charge in [0.15, 0.2) is 11.5 Å². The van der Waals surface area contributed by atoms with Gasteiger partial charge in [-0.2, -0.15) is 0 Å². The van der Waals surface area contributed by atoms with Crippen LogP contribution in [0.4, 0.5) is 0 Å². The summed E-state index contributed by atoms with van der Waals surface area (Å²) < 4.78 is 10.8. The van der Waals surface area contributed by atoms with Crippen molar-refractivity contribution < 1.29 is 14.3 Å².